The highest BCUT2D eigenvalue weighted by molar-refractivity contribution is 5.96. The quantitative estimate of drug-likeness (QED) is 0.844. The highest BCUT2D eigenvalue weighted by Gasteiger charge is 2.34. The fraction of sp³-hybridized carbons (Fsp3) is 0.600. The Morgan fingerprint density at radius 1 is 1.26 bits per heavy atom. The maximum atomic E-state index is 12.9. The molecule has 23 heavy (non-hydrogen) atoms. The second-order valence-corrected chi connectivity index (χ2v) is 5.85. The van der Waals surface area contributed by atoms with Gasteiger partial charge in [0.05, 0.1) is 5.69 Å². The average molecular weight is 319 g/mol. The topological polar surface area (TPSA) is 88.5 Å². The lowest BCUT2D eigenvalue weighted by Gasteiger charge is -2.37. The Kier molecular flexibility index (Phi) is 4.16. The molecule has 0 saturated carbocycles. The number of aromatic nitrogens is 3. The van der Waals surface area contributed by atoms with Crippen LogP contribution in [0.5, 0.6) is 0 Å². The van der Waals surface area contributed by atoms with Crippen LogP contribution in [0.1, 0.15) is 46.5 Å². The van der Waals surface area contributed by atoms with E-state index < -0.39 is 0 Å². The smallest absolute Gasteiger partial charge is 0.259 e. The second-order valence-electron chi connectivity index (χ2n) is 5.85. The van der Waals surface area contributed by atoms with E-state index in [0.717, 1.165) is 6.54 Å². The first-order valence-corrected chi connectivity index (χ1v) is 7.76. The molecule has 1 fully saturated rings. The van der Waals surface area contributed by atoms with Crippen LogP contribution in [0.4, 0.5) is 0 Å². The minimum Gasteiger partial charge on any atom is -0.360 e. The minimum absolute atomic E-state index is 0.0464. The number of hydrogen-bond acceptors (Lipinski definition) is 7. The minimum atomic E-state index is -0.0980. The zero-order valence-corrected chi connectivity index (χ0v) is 13.9. The first-order chi connectivity index (χ1) is 11.0. The van der Waals surface area contributed by atoms with Gasteiger partial charge in [-0.15, -0.1) is 0 Å². The molecule has 0 spiro atoms. The molecule has 0 bridgehead atoms. The number of amides is 1. The summed E-state index contributed by atoms with van der Waals surface area (Å²) >= 11 is 0. The number of hydrogen-bond donors (Lipinski definition) is 0. The van der Waals surface area contributed by atoms with Gasteiger partial charge >= 0.3 is 0 Å². The van der Waals surface area contributed by atoms with Crippen LogP contribution in [-0.4, -0.2) is 57.7 Å². The van der Waals surface area contributed by atoms with Crippen molar-refractivity contribution < 1.29 is 13.8 Å². The molecule has 1 aliphatic rings. The van der Waals surface area contributed by atoms with Crippen molar-refractivity contribution in [2.24, 2.45) is 0 Å². The van der Waals surface area contributed by atoms with Crippen molar-refractivity contribution >= 4 is 5.91 Å². The number of nitrogens with zero attached hydrogens (tertiary/aromatic N) is 5. The van der Waals surface area contributed by atoms with E-state index >= 15 is 0 Å². The second kappa shape index (κ2) is 6.11. The lowest BCUT2D eigenvalue weighted by atomic mass is 10.1. The van der Waals surface area contributed by atoms with Gasteiger partial charge in [-0.1, -0.05) is 17.2 Å². The van der Waals surface area contributed by atoms with E-state index in [-0.39, 0.29) is 11.9 Å². The first kappa shape index (κ1) is 15.7. The molecule has 1 amide bonds. The van der Waals surface area contributed by atoms with Gasteiger partial charge in [0, 0.05) is 26.1 Å². The molecule has 3 rings (SSSR count). The summed E-state index contributed by atoms with van der Waals surface area (Å²) < 4.78 is 10.5. The van der Waals surface area contributed by atoms with E-state index in [2.05, 4.69) is 20.2 Å². The third kappa shape index (κ3) is 2.86. The Balaban J connectivity index is 1.83. The molecular weight excluding hydrogens is 298 g/mol. The summed E-state index contributed by atoms with van der Waals surface area (Å²) in [6.45, 7) is 7.42. The van der Waals surface area contributed by atoms with Crippen molar-refractivity contribution in [3.05, 3.63) is 28.7 Å². The van der Waals surface area contributed by atoms with Crippen LogP contribution < -0.4 is 0 Å². The van der Waals surface area contributed by atoms with Crippen molar-refractivity contribution in [2.75, 3.05) is 26.7 Å². The number of aryl methyl sites for hydroxylation is 3. The fourth-order valence-corrected chi connectivity index (χ4v) is 2.86. The third-order valence-electron chi connectivity index (χ3n) is 4.23. The van der Waals surface area contributed by atoms with Gasteiger partial charge in [0.15, 0.2) is 5.82 Å². The number of carbonyl (C=O) groups is 1. The summed E-state index contributed by atoms with van der Waals surface area (Å²) in [5, 5.41) is 7.77. The van der Waals surface area contributed by atoms with Gasteiger partial charge in [0.25, 0.3) is 5.91 Å². The van der Waals surface area contributed by atoms with Crippen LogP contribution >= 0.6 is 0 Å². The normalized spacial score (nSPS) is 19.3. The summed E-state index contributed by atoms with van der Waals surface area (Å²) in [7, 11) is 1.99. The largest absolute Gasteiger partial charge is 0.360 e. The molecule has 124 valence electrons. The van der Waals surface area contributed by atoms with E-state index in [4.69, 9.17) is 9.05 Å². The summed E-state index contributed by atoms with van der Waals surface area (Å²) in [6, 6.07) is -0.0980. The van der Waals surface area contributed by atoms with Crippen LogP contribution in [0.3, 0.4) is 0 Å². The monoisotopic (exact) mass is 319 g/mol. The molecule has 3 heterocycles. The highest BCUT2D eigenvalue weighted by Crippen LogP contribution is 2.25. The van der Waals surface area contributed by atoms with Gasteiger partial charge in [-0.05, 0) is 20.9 Å². The number of piperazine rings is 1. The molecule has 1 atom stereocenters. The van der Waals surface area contributed by atoms with Crippen LogP contribution in [-0.2, 0) is 6.42 Å². The first-order valence-electron chi connectivity index (χ1n) is 7.76. The van der Waals surface area contributed by atoms with Gasteiger partial charge in [-0.3, -0.25) is 9.69 Å². The molecule has 0 aromatic carbocycles. The SMILES string of the molecule is CCc1onc(C)c1C(=O)N1CCN(C)[C@@H](c2nc(C)no2)C1. The molecule has 0 aliphatic carbocycles. The van der Waals surface area contributed by atoms with Crippen molar-refractivity contribution in [2.45, 2.75) is 33.2 Å². The Hall–Kier alpha value is -2.22. The Morgan fingerprint density at radius 3 is 2.70 bits per heavy atom. The molecule has 0 radical (unpaired) electrons. The van der Waals surface area contributed by atoms with Crippen LogP contribution in [0.25, 0.3) is 0 Å². The third-order valence-corrected chi connectivity index (χ3v) is 4.23. The van der Waals surface area contributed by atoms with Crippen molar-refractivity contribution in [1.82, 2.24) is 25.1 Å². The van der Waals surface area contributed by atoms with E-state index in [0.29, 0.717) is 48.2 Å². The summed E-state index contributed by atoms with van der Waals surface area (Å²) in [4.78, 5) is 21.1. The van der Waals surface area contributed by atoms with Crippen LogP contribution in [0.15, 0.2) is 9.05 Å². The summed E-state index contributed by atoms with van der Waals surface area (Å²) in [6.07, 6.45) is 0.641. The fourth-order valence-electron chi connectivity index (χ4n) is 2.86. The predicted octanol–water partition coefficient (Wildman–Crippen LogP) is 1.37. The standard InChI is InChI=1S/C15H21N5O3/c1-5-12-13(9(2)17-22-12)15(21)20-7-6-19(4)11(8-20)14-16-10(3)18-23-14/h11H,5-8H2,1-4H3/t11-/m1/s1. The van der Waals surface area contributed by atoms with Gasteiger partial charge in [-0.2, -0.15) is 4.98 Å². The zero-order valence-electron chi connectivity index (χ0n) is 13.9. The molecule has 0 N–H and O–H groups in total. The predicted molar refractivity (Wildman–Crippen MR) is 80.9 cm³/mol. The van der Waals surface area contributed by atoms with Crippen molar-refractivity contribution in [3.63, 3.8) is 0 Å². The molecule has 2 aromatic heterocycles. The van der Waals surface area contributed by atoms with Crippen LogP contribution in [0, 0.1) is 13.8 Å². The van der Waals surface area contributed by atoms with Crippen molar-refractivity contribution in [1.29, 1.82) is 0 Å². The van der Waals surface area contributed by atoms with Gasteiger partial charge < -0.3 is 13.9 Å². The van der Waals surface area contributed by atoms with Gasteiger partial charge in [0.2, 0.25) is 5.89 Å². The zero-order chi connectivity index (χ0) is 16.6. The molecule has 8 nitrogen and oxygen atoms in total. The summed E-state index contributed by atoms with van der Waals surface area (Å²) in [5.41, 5.74) is 1.22. The lowest BCUT2D eigenvalue weighted by molar-refractivity contribution is 0.0486. The Morgan fingerprint density at radius 2 is 2.04 bits per heavy atom. The molecule has 1 saturated heterocycles. The highest BCUT2D eigenvalue weighted by atomic mass is 16.5. The van der Waals surface area contributed by atoms with Crippen molar-refractivity contribution in [3.8, 4) is 0 Å². The van der Waals surface area contributed by atoms with E-state index in [1.807, 2.05) is 18.9 Å². The number of carbonyl (C=O) groups excluding carboxylic acids is 1. The summed E-state index contributed by atoms with van der Waals surface area (Å²) in [5.74, 6) is 1.73. The van der Waals surface area contributed by atoms with E-state index in [9.17, 15) is 4.79 Å². The molecule has 8 heteroatoms. The Labute approximate surface area is 134 Å². The Bertz CT molecular complexity index is 708. The van der Waals surface area contributed by atoms with Crippen LogP contribution in [0.2, 0.25) is 0 Å². The van der Waals surface area contributed by atoms with Gasteiger partial charge in [-0.25, -0.2) is 0 Å². The molecule has 1 aliphatic heterocycles. The maximum Gasteiger partial charge on any atom is 0.259 e. The van der Waals surface area contributed by atoms with Gasteiger partial charge in [0.1, 0.15) is 17.4 Å². The molecular formula is C15H21N5O3. The average Bonchev–Trinajstić information content (AvgIpc) is 3.12. The van der Waals surface area contributed by atoms with E-state index in [1.165, 1.54) is 0 Å². The maximum absolute atomic E-state index is 12.9. The van der Waals surface area contributed by atoms with E-state index in [1.54, 1.807) is 13.8 Å². The molecule has 2 aromatic rings. The number of rotatable bonds is 3. The lowest BCUT2D eigenvalue weighted by Crippen LogP contribution is -2.49. The molecule has 0 unspecified atom stereocenters. The number of likely N-dealkylation sites (N-methyl/N-ethyl adjacent to an activating group) is 1.